The Morgan fingerprint density at radius 1 is 1.15 bits per heavy atom. The summed E-state index contributed by atoms with van der Waals surface area (Å²) in [4.78, 5) is 11.8. The Hall–Kier alpha value is -1.33. The fourth-order valence-electron chi connectivity index (χ4n) is 1.68. The largest absolute Gasteiger partial charge is 0.481 e. The molecule has 0 saturated heterocycles. The summed E-state index contributed by atoms with van der Waals surface area (Å²) in [5.41, 5.74) is 1.85. The van der Waals surface area contributed by atoms with Crippen LogP contribution in [-0.2, 0) is 4.79 Å². The maximum absolute atomic E-state index is 11.8. The molecule has 3 nitrogen and oxygen atoms in total. The maximum atomic E-state index is 11.8. The van der Waals surface area contributed by atoms with Crippen molar-refractivity contribution in [2.75, 3.05) is 11.9 Å². The standard InChI is InChI=1S/C15H13Br2NO2/c1-10-7-12(16)15(13(17)8-10)20-9-14(19)18-11-5-3-2-4-6-11/h2-8H,9H2,1H3,(H,18,19). The topological polar surface area (TPSA) is 38.3 Å². The minimum atomic E-state index is -0.199. The second-order valence-corrected chi connectivity index (χ2v) is 5.97. The van der Waals surface area contributed by atoms with Gasteiger partial charge in [-0.3, -0.25) is 4.79 Å². The summed E-state index contributed by atoms with van der Waals surface area (Å²) in [7, 11) is 0. The monoisotopic (exact) mass is 397 g/mol. The first-order chi connectivity index (χ1) is 9.56. The van der Waals surface area contributed by atoms with Crippen LogP contribution in [0.5, 0.6) is 5.75 Å². The van der Waals surface area contributed by atoms with Crippen molar-refractivity contribution in [3.8, 4) is 5.75 Å². The van der Waals surface area contributed by atoms with E-state index in [1.165, 1.54) is 0 Å². The summed E-state index contributed by atoms with van der Waals surface area (Å²) in [6, 6.07) is 13.2. The predicted octanol–water partition coefficient (Wildman–Crippen LogP) is 4.54. The summed E-state index contributed by atoms with van der Waals surface area (Å²) < 4.78 is 7.18. The second-order valence-electron chi connectivity index (χ2n) is 4.26. The molecule has 2 rings (SSSR count). The third-order valence-corrected chi connectivity index (χ3v) is 3.73. The van der Waals surface area contributed by atoms with E-state index in [0.717, 1.165) is 20.2 Å². The Morgan fingerprint density at radius 2 is 1.75 bits per heavy atom. The molecule has 0 saturated carbocycles. The molecular formula is C15H13Br2NO2. The van der Waals surface area contributed by atoms with Crippen molar-refractivity contribution < 1.29 is 9.53 Å². The summed E-state index contributed by atoms with van der Waals surface area (Å²) in [6.07, 6.45) is 0. The number of halogens is 2. The Morgan fingerprint density at radius 3 is 2.35 bits per heavy atom. The van der Waals surface area contributed by atoms with Crippen LogP contribution in [0, 0.1) is 6.92 Å². The Bertz CT molecular complexity index is 592. The molecule has 0 unspecified atom stereocenters. The number of amides is 1. The number of benzene rings is 2. The molecule has 5 heteroatoms. The number of nitrogens with one attached hydrogen (secondary N) is 1. The van der Waals surface area contributed by atoms with Gasteiger partial charge in [-0.05, 0) is 68.6 Å². The van der Waals surface area contributed by atoms with Crippen molar-refractivity contribution in [2.45, 2.75) is 6.92 Å². The van der Waals surface area contributed by atoms with E-state index in [0.29, 0.717) is 5.75 Å². The third-order valence-electron chi connectivity index (χ3n) is 2.55. The van der Waals surface area contributed by atoms with Gasteiger partial charge in [0.25, 0.3) is 5.91 Å². The van der Waals surface area contributed by atoms with E-state index in [1.54, 1.807) is 0 Å². The van der Waals surface area contributed by atoms with Crippen LogP contribution in [0.25, 0.3) is 0 Å². The first-order valence-electron chi connectivity index (χ1n) is 5.99. The molecule has 0 aromatic heterocycles. The van der Waals surface area contributed by atoms with Crippen LogP contribution in [0.1, 0.15) is 5.56 Å². The van der Waals surface area contributed by atoms with E-state index >= 15 is 0 Å². The van der Waals surface area contributed by atoms with Gasteiger partial charge in [0.15, 0.2) is 6.61 Å². The van der Waals surface area contributed by atoms with Gasteiger partial charge in [-0.1, -0.05) is 18.2 Å². The molecule has 2 aromatic rings. The van der Waals surface area contributed by atoms with E-state index in [2.05, 4.69) is 37.2 Å². The van der Waals surface area contributed by atoms with Crippen LogP contribution in [0.2, 0.25) is 0 Å². The Labute approximate surface area is 134 Å². The average molecular weight is 399 g/mol. The zero-order valence-corrected chi connectivity index (χ0v) is 14.0. The SMILES string of the molecule is Cc1cc(Br)c(OCC(=O)Nc2ccccc2)c(Br)c1. The number of carbonyl (C=O) groups excluding carboxylic acids is 1. The smallest absolute Gasteiger partial charge is 0.262 e. The van der Waals surface area contributed by atoms with Crippen LogP contribution in [0.15, 0.2) is 51.4 Å². The van der Waals surface area contributed by atoms with Gasteiger partial charge in [0.2, 0.25) is 0 Å². The zero-order valence-electron chi connectivity index (χ0n) is 10.8. The van der Waals surface area contributed by atoms with Crippen molar-refractivity contribution >= 4 is 43.5 Å². The third kappa shape index (κ3) is 4.08. The molecule has 0 atom stereocenters. The number of anilines is 1. The minimum absolute atomic E-state index is 0.0465. The number of aryl methyl sites for hydroxylation is 1. The highest BCUT2D eigenvalue weighted by molar-refractivity contribution is 9.11. The van der Waals surface area contributed by atoms with Crippen molar-refractivity contribution in [2.24, 2.45) is 0 Å². The molecule has 0 heterocycles. The van der Waals surface area contributed by atoms with Crippen molar-refractivity contribution in [1.82, 2.24) is 0 Å². The second kappa shape index (κ2) is 6.90. The lowest BCUT2D eigenvalue weighted by Crippen LogP contribution is -2.20. The van der Waals surface area contributed by atoms with E-state index in [1.807, 2.05) is 49.4 Å². The molecular weight excluding hydrogens is 386 g/mol. The van der Waals surface area contributed by atoms with Crippen molar-refractivity contribution in [1.29, 1.82) is 0 Å². The molecule has 0 aliphatic carbocycles. The Kier molecular flexibility index (Phi) is 5.20. The predicted molar refractivity (Wildman–Crippen MR) is 87.1 cm³/mol. The molecule has 104 valence electrons. The first-order valence-corrected chi connectivity index (χ1v) is 7.58. The lowest BCUT2D eigenvalue weighted by atomic mass is 10.2. The van der Waals surface area contributed by atoms with Crippen molar-refractivity contribution in [3.63, 3.8) is 0 Å². The quantitative estimate of drug-likeness (QED) is 0.821. The van der Waals surface area contributed by atoms with Crippen LogP contribution < -0.4 is 10.1 Å². The highest BCUT2D eigenvalue weighted by Gasteiger charge is 2.10. The van der Waals surface area contributed by atoms with Gasteiger partial charge in [0.05, 0.1) is 8.95 Å². The Balaban J connectivity index is 1.97. The normalized spacial score (nSPS) is 10.2. The fraction of sp³-hybridized carbons (Fsp3) is 0.133. The number of rotatable bonds is 4. The highest BCUT2D eigenvalue weighted by Crippen LogP contribution is 2.34. The maximum Gasteiger partial charge on any atom is 0.262 e. The fourth-order valence-corrected chi connectivity index (χ4v) is 3.33. The highest BCUT2D eigenvalue weighted by atomic mass is 79.9. The van der Waals surface area contributed by atoms with Gasteiger partial charge >= 0.3 is 0 Å². The summed E-state index contributed by atoms with van der Waals surface area (Å²) in [6.45, 7) is 1.94. The molecule has 0 aliphatic rings. The molecule has 2 aromatic carbocycles. The van der Waals surface area contributed by atoms with Crippen molar-refractivity contribution in [3.05, 3.63) is 57.0 Å². The molecule has 0 radical (unpaired) electrons. The lowest BCUT2D eigenvalue weighted by molar-refractivity contribution is -0.118. The number of carbonyl (C=O) groups is 1. The molecule has 0 aliphatic heterocycles. The first kappa shape index (κ1) is 15.1. The number of para-hydroxylation sites is 1. The number of hydrogen-bond acceptors (Lipinski definition) is 2. The molecule has 20 heavy (non-hydrogen) atoms. The van der Waals surface area contributed by atoms with Crippen LogP contribution >= 0.6 is 31.9 Å². The number of hydrogen-bond donors (Lipinski definition) is 1. The van der Waals surface area contributed by atoms with Gasteiger partial charge < -0.3 is 10.1 Å². The minimum Gasteiger partial charge on any atom is -0.481 e. The summed E-state index contributed by atoms with van der Waals surface area (Å²) in [5, 5.41) is 2.77. The van der Waals surface area contributed by atoms with Gasteiger partial charge in [-0.2, -0.15) is 0 Å². The van der Waals surface area contributed by atoms with Gasteiger partial charge in [0.1, 0.15) is 5.75 Å². The van der Waals surface area contributed by atoms with E-state index in [9.17, 15) is 4.79 Å². The molecule has 0 bridgehead atoms. The molecule has 1 N–H and O–H groups in total. The van der Waals surface area contributed by atoms with E-state index in [4.69, 9.17) is 4.74 Å². The van der Waals surface area contributed by atoms with Gasteiger partial charge in [-0.25, -0.2) is 0 Å². The molecule has 1 amide bonds. The van der Waals surface area contributed by atoms with E-state index < -0.39 is 0 Å². The van der Waals surface area contributed by atoms with Crippen LogP contribution in [0.4, 0.5) is 5.69 Å². The number of ether oxygens (including phenoxy) is 1. The average Bonchev–Trinajstić information content (AvgIpc) is 2.38. The summed E-state index contributed by atoms with van der Waals surface area (Å²) in [5.74, 6) is 0.425. The molecule has 0 spiro atoms. The van der Waals surface area contributed by atoms with Crippen LogP contribution in [-0.4, -0.2) is 12.5 Å². The zero-order chi connectivity index (χ0) is 14.5. The summed E-state index contributed by atoms with van der Waals surface area (Å²) >= 11 is 6.86. The van der Waals surface area contributed by atoms with Gasteiger partial charge in [0, 0.05) is 5.69 Å². The molecule has 0 fully saturated rings. The van der Waals surface area contributed by atoms with Gasteiger partial charge in [-0.15, -0.1) is 0 Å². The van der Waals surface area contributed by atoms with Crippen LogP contribution in [0.3, 0.4) is 0 Å². The van der Waals surface area contributed by atoms with E-state index in [-0.39, 0.29) is 12.5 Å². The lowest BCUT2D eigenvalue weighted by Gasteiger charge is -2.11.